The van der Waals surface area contributed by atoms with Crippen molar-refractivity contribution in [2.24, 2.45) is 0 Å². The zero-order chi connectivity index (χ0) is 14.8. The van der Waals surface area contributed by atoms with Crippen LogP contribution in [0.5, 0.6) is 0 Å². The summed E-state index contributed by atoms with van der Waals surface area (Å²) in [5.41, 5.74) is -0.571. The summed E-state index contributed by atoms with van der Waals surface area (Å²) in [7, 11) is -2.88. The highest BCUT2D eigenvalue weighted by Crippen LogP contribution is 2.26. The van der Waals surface area contributed by atoms with Gasteiger partial charge >= 0.3 is 12.1 Å². The van der Waals surface area contributed by atoms with Crippen molar-refractivity contribution in [1.82, 2.24) is 0 Å². The van der Waals surface area contributed by atoms with Gasteiger partial charge in [-0.15, -0.1) is 0 Å². The van der Waals surface area contributed by atoms with Crippen LogP contribution in [0.4, 0.5) is 13.2 Å². The molecule has 0 saturated heterocycles. The molecule has 0 heterocycles. The molecule has 19 heavy (non-hydrogen) atoms. The number of hydrogen-bond acceptors (Lipinski definition) is 4. The van der Waals surface area contributed by atoms with Gasteiger partial charge in [0.15, 0.2) is 6.10 Å². The molecule has 0 amide bonds. The number of hydrogen-bond donors (Lipinski definition) is 1. The van der Waals surface area contributed by atoms with Crippen molar-refractivity contribution in [3.8, 4) is 0 Å². The number of aliphatic carboxylic acids is 1. The monoisotopic (exact) mass is 298 g/mol. The highest BCUT2D eigenvalue weighted by Gasteiger charge is 2.41. The molecule has 5 nitrogen and oxygen atoms in total. The maximum atomic E-state index is 12.4. The number of carboxylic acid groups (broad SMARTS) is 1. The fourth-order valence-electron chi connectivity index (χ4n) is 1.32. The van der Waals surface area contributed by atoms with E-state index in [2.05, 4.69) is 4.74 Å². The second-order valence-electron chi connectivity index (χ2n) is 3.62. The van der Waals surface area contributed by atoms with Crippen molar-refractivity contribution in [2.75, 3.05) is 0 Å². The standard InChI is InChI=1S/C10H9F3O5S/c1-5(10(11,12)13)18-8-6(9(14)15)3-2-4-7(8)19(16)17/h2-5,8H,1H3,(H,14,15)/t5-,8?/m1/s1. The van der Waals surface area contributed by atoms with E-state index in [0.29, 0.717) is 6.92 Å². The Balaban J connectivity index is 3.17. The molecule has 0 aromatic rings. The number of allylic oxidation sites excluding steroid dienone is 2. The minimum absolute atomic E-state index is 0.559. The summed E-state index contributed by atoms with van der Waals surface area (Å²) in [6.45, 7) is 0.670. The molecule has 106 valence electrons. The Labute approximate surface area is 107 Å². The normalized spacial score (nSPS) is 20.9. The lowest BCUT2D eigenvalue weighted by molar-refractivity contribution is -0.217. The van der Waals surface area contributed by atoms with Gasteiger partial charge in [0.25, 0.3) is 0 Å². The minimum Gasteiger partial charge on any atom is -0.478 e. The third kappa shape index (κ3) is 3.67. The van der Waals surface area contributed by atoms with Crippen LogP contribution in [0.3, 0.4) is 0 Å². The van der Waals surface area contributed by atoms with Gasteiger partial charge in [-0.3, -0.25) is 0 Å². The van der Waals surface area contributed by atoms with E-state index in [1.807, 2.05) is 0 Å². The predicted octanol–water partition coefficient (Wildman–Crippen LogP) is 0.955. The largest absolute Gasteiger partial charge is 0.478 e. The van der Waals surface area contributed by atoms with Crippen molar-refractivity contribution in [3.05, 3.63) is 23.8 Å². The highest BCUT2D eigenvalue weighted by atomic mass is 32.2. The number of halogens is 3. The van der Waals surface area contributed by atoms with Crippen molar-refractivity contribution < 1.29 is 36.2 Å². The Morgan fingerprint density at radius 2 is 2.05 bits per heavy atom. The van der Waals surface area contributed by atoms with Crippen LogP contribution in [-0.4, -0.2) is 42.7 Å². The lowest BCUT2D eigenvalue weighted by Crippen LogP contribution is -2.39. The number of carboxylic acids is 1. The quantitative estimate of drug-likeness (QED) is 0.785. The van der Waals surface area contributed by atoms with Gasteiger partial charge < -0.3 is 9.84 Å². The maximum absolute atomic E-state index is 12.4. The van der Waals surface area contributed by atoms with E-state index in [0.717, 1.165) is 18.2 Å². The minimum atomic E-state index is -4.72. The first kappa shape index (κ1) is 15.4. The average Bonchev–Trinajstić information content (AvgIpc) is 2.27. The Hall–Kier alpha value is -1.61. The van der Waals surface area contributed by atoms with Crippen LogP contribution in [0.2, 0.25) is 0 Å². The van der Waals surface area contributed by atoms with E-state index in [-0.39, 0.29) is 0 Å². The van der Waals surface area contributed by atoms with Gasteiger partial charge in [0.1, 0.15) is 11.0 Å². The second kappa shape index (κ2) is 5.57. The molecule has 1 rings (SSSR count). The molecule has 0 aliphatic heterocycles. The third-order valence-electron chi connectivity index (χ3n) is 2.32. The SMILES string of the molecule is C[C@@H](OC1C(C(=O)O)=CC=CC1=S(=O)=O)C(F)(F)F. The first-order valence-electron chi connectivity index (χ1n) is 4.94. The van der Waals surface area contributed by atoms with Crippen LogP contribution in [0.25, 0.3) is 0 Å². The van der Waals surface area contributed by atoms with Crippen LogP contribution < -0.4 is 0 Å². The fraction of sp³-hybridized carbons (Fsp3) is 0.400. The molecule has 9 heteroatoms. The summed E-state index contributed by atoms with van der Waals surface area (Å²) in [6.07, 6.45) is -5.70. The number of ether oxygens (including phenoxy) is 1. The molecule has 1 unspecified atom stereocenters. The molecule has 1 aliphatic carbocycles. The van der Waals surface area contributed by atoms with Crippen LogP contribution in [0.1, 0.15) is 6.92 Å². The molecule has 0 saturated carbocycles. The molecular formula is C10H9F3O5S. The van der Waals surface area contributed by atoms with E-state index < -0.39 is 45.1 Å². The second-order valence-corrected chi connectivity index (χ2v) is 4.56. The first-order chi connectivity index (χ1) is 8.64. The lowest BCUT2D eigenvalue weighted by atomic mass is 10.0. The van der Waals surface area contributed by atoms with Gasteiger partial charge in [0, 0.05) is 0 Å². The Morgan fingerprint density at radius 3 is 2.47 bits per heavy atom. The summed E-state index contributed by atoms with van der Waals surface area (Å²) >= 11 is 0. The van der Waals surface area contributed by atoms with Crippen molar-refractivity contribution in [1.29, 1.82) is 0 Å². The molecule has 2 atom stereocenters. The van der Waals surface area contributed by atoms with Crippen LogP contribution >= 0.6 is 0 Å². The zero-order valence-electron chi connectivity index (χ0n) is 9.51. The average molecular weight is 298 g/mol. The lowest BCUT2D eigenvalue weighted by Gasteiger charge is -2.25. The van der Waals surface area contributed by atoms with Crippen molar-refractivity contribution in [2.45, 2.75) is 25.3 Å². The van der Waals surface area contributed by atoms with Gasteiger partial charge in [-0.05, 0) is 19.1 Å². The van der Waals surface area contributed by atoms with Crippen molar-refractivity contribution in [3.63, 3.8) is 0 Å². The number of rotatable bonds is 3. The van der Waals surface area contributed by atoms with E-state index >= 15 is 0 Å². The number of alkyl halides is 3. The predicted molar refractivity (Wildman–Crippen MR) is 59.2 cm³/mol. The summed E-state index contributed by atoms with van der Waals surface area (Å²) in [5, 5.41) is 8.85. The first-order valence-corrected chi connectivity index (χ1v) is 6.02. The summed E-state index contributed by atoms with van der Waals surface area (Å²) < 4.78 is 63.5. The van der Waals surface area contributed by atoms with E-state index in [4.69, 9.17) is 5.11 Å². The highest BCUT2D eigenvalue weighted by molar-refractivity contribution is 7.73. The van der Waals surface area contributed by atoms with Gasteiger partial charge in [0.05, 0.1) is 5.57 Å². The van der Waals surface area contributed by atoms with E-state index in [1.54, 1.807) is 0 Å². The van der Waals surface area contributed by atoms with Crippen LogP contribution in [-0.2, 0) is 19.8 Å². The van der Waals surface area contributed by atoms with Gasteiger partial charge in [-0.1, -0.05) is 6.08 Å². The fourth-order valence-corrected chi connectivity index (χ4v) is 1.87. The topological polar surface area (TPSA) is 80.7 Å². The summed E-state index contributed by atoms with van der Waals surface area (Å²) in [6, 6.07) is 0. The smallest absolute Gasteiger partial charge is 0.414 e. The molecular weight excluding hydrogens is 289 g/mol. The van der Waals surface area contributed by atoms with Gasteiger partial charge in [-0.25, -0.2) is 4.79 Å². The molecule has 0 radical (unpaired) electrons. The molecule has 0 fully saturated rings. The Bertz CT molecular complexity index is 562. The molecule has 0 spiro atoms. The number of carbonyl (C=O) groups is 1. The maximum Gasteiger partial charge on any atom is 0.414 e. The van der Waals surface area contributed by atoms with Gasteiger partial charge in [-0.2, -0.15) is 21.6 Å². The molecule has 1 aliphatic rings. The van der Waals surface area contributed by atoms with Crippen LogP contribution in [0.15, 0.2) is 23.8 Å². The molecule has 0 aromatic carbocycles. The zero-order valence-corrected chi connectivity index (χ0v) is 10.3. The molecule has 0 bridgehead atoms. The van der Waals surface area contributed by atoms with E-state index in [1.165, 1.54) is 0 Å². The molecule has 0 aromatic heterocycles. The summed E-state index contributed by atoms with van der Waals surface area (Å²) in [4.78, 5) is 10.3. The van der Waals surface area contributed by atoms with Crippen molar-refractivity contribution >= 4 is 21.1 Å². The summed E-state index contributed by atoms with van der Waals surface area (Å²) in [5.74, 6) is -1.55. The van der Waals surface area contributed by atoms with Gasteiger partial charge in [0.2, 0.25) is 10.3 Å². The third-order valence-corrected chi connectivity index (χ3v) is 3.05. The molecule has 1 N–H and O–H groups in total. The van der Waals surface area contributed by atoms with E-state index in [9.17, 15) is 26.4 Å². The van der Waals surface area contributed by atoms with Crippen LogP contribution in [0, 0.1) is 0 Å². The Kier molecular flexibility index (Phi) is 4.53. The Morgan fingerprint density at radius 1 is 1.47 bits per heavy atom.